The summed E-state index contributed by atoms with van der Waals surface area (Å²) in [5, 5.41) is 3.98. The predicted octanol–water partition coefficient (Wildman–Crippen LogP) is 6.22. The summed E-state index contributed by atoms with van der Waals surface area (Å²) in [7, 11) is 0. The van der Waals surface area contributed by atoms with E-state index in [0.717, 1.165) is 0 Å². The fourth-order valence-corrected chi connectivity index (χ4v) is 3.71. The fraction of sp³-hybridized carbons (Fsp3) is 0. The molecule has 0 bridgehead atoms. The zero-order chi connectivity index (χ0) is 14.1. The Labute approximate surface area is 128 Å². The zero-order valence-electron chi connectivity index (χ0n) is 11.5. The first kappa shape index (κ1) is 12.4. The summed E-state index contributed by atoms with van der Waals surface area (Å²) in [6, 6.07) is 25.7. The summed E-state index contributed by atoms with van der Waals surface area (Å²) < 4.78 is 1.38. The van der Waals surface area contributed by atoms with Crippen LogP contribution in [-0.4, -0.2) is 0 Å². The van der Waals surface area contributed by atoms with Crippen LogP contribution in [0.2, 0.25) is 0 Å². The largest absolute Gasteiger partial charge is 0.135 e. The van der Waals surface area contributed by atoms with E-state index < -0.39 is 0 Å². The molecule has 1 heteroatoms. The van der Waals surface area contributed by atoms with Crippen molar-refractivity contribution in [3.63, 3.8) is 0 Å². The van der Waals surface area contributed by atoms with Crippen molar-refractivity contribution in [1.29, 1.82) is 0 Å². The van der Waals surface area contributed by atoms with Gasteiger partial charge < -0.3 is 0 Å². The van der Waals surface area contributed by atoms with Gasteiger partial charge in [0.05, 0.1) is 0 Å². The Kier molecular flexibility index (Phi) is 3.06. The van der Waals surface area contributed by atoms with Gasteiger partial charge in [0.1, 0.15) is 0 Å². The molecule has 0 aliphatic heterocycles. The van der Waals surface area contributed by atoms with Crippen molar-refractivity contribution >= 4 is 44.3 Å². The summed E-state index contributed by atoms with van der Waals surface area (Å²) in [6.45, 7) is 0. The van der Waals surface area contributed by atoms with Gasteiger partial charge in [0.15, 0.2) is 0 Å². The maximum atomic E-state index is 2.27. The third-order valence-corrected chi connectivity index (χ3v) is 4.82. The van der Waals surface area contributed by atoms with Crippen molar-refractivity contribution in [1.82, 2.24) is 0 Å². The number of benzene rings is 3. The van der Waals surface area contributed by atoms with Gasteiger partial charge >= 0.3 is 0 Å². The Hall–Kier alpha value is -2.38. The molecular formula is C20H14S. The molecule has 0 aliphatic rings. The lowest BCUT2D eigenvalue weighted by Gasteiger charge is -1.97. The van der Waals surface area contributed by atoms with E-state index in [0.29, 0.717) is 0 Å². The van der Waals surface area contributed by atoms with Crippen LogP contribution >= 0.6 is 11.3 Å². The predicted molar refractivity (Wildman–Crippen MR) is 94.7 cm³/mol. The van der Waals surface area contributed by atoms with Crippen molar-refractivity contribution in [2.24, 2.45) is 0 Å². The molecule has 0 saturated heterocycles. The fourth-order valence-electron chi connectivity index (χ4n) is 2.61. The van der Waals surface area contributed by atoms with Gasteiger partial charge in [-0.3, -0.25) is 0 Å². The standard InChI is InChI=1S/C20H14S/c1-2-6-15(7-3-1)10-13-18-14-17-12-11-16-8-4-5-9-19(16)20(17)21-18/h1-14H/b13-10+. The Morgan fingerprint density at radius 2 is 1.43 bits per heavy atom. The highest BCUT2D eigenvalue weighted by atomic mass is 32.1. The number of rotatable bonds is 2. The van der Waals surface area contributed by atoms with E-state index in [-0.39, 0.29) is 0 Å². The molecule has 100 valence electrons. The molecule has 0 radical (unpaired) electrons. The zero-order valence-corrected chi connectivity index (χ0v) is 12.3. The van der Waals surface area contributed by atoms with E-state index in [4.69, 9.17) is 0 Å². The lowest BCUT2D eigenvalue weighted by Crippen LogP contribution is -1.70. The monoisotopic (exact) mass is 286 g/mol. The molecule has 0 saturated carbocycles. The van der Waals surface area contributed by atoms with Crippen LogP contribution in [-0.2, 0) is 0 Å². The Balaban J connectivity index is 1.80. The topological polar surface area (TPSA) is 0 Å². The normalized spacial score (nSPS) is 11.6. The Morgan fingerprint density at radius 3 is 2.33 bits per heavy atom. The van der Waals surface area contributed by atoms with Crippen LogP contribution in [0, 0.1) is 0 Å². The summed E-state index contributed by atoms with van der Waals surface area (Å²) in [5.41, 5.74) is 1.24. The maximum absolute atomic E-state index is 2.27. The van der Waals surface area contributed by atoms with Gasteiger partial charge in [-0.2, -0.15) is 0 Å². The molecule has 0 amide bonds. The number of fused-ring (bicyclic) bond motifs is 3. The third-order valence-electron chi connectivity index (χ3n) is 3.67. The van der Waals surface area contributed by atoms with Crippen molar-refractivity contribution in [3.8, 4) is 0 Å². The van der Waals surface area contributed by atoms with Crippen LogP contribution < -0.4 is 0 Å². The summed E-state index contributed by atoms with van der Waals surface area (Å²) in [4.78, 5) is 1.30. The molecule has 3 aromatic carbocycles. The number of hydrogen-bond acceptors (Lipinski definition) is 1. The van der Waals surface area contributed by atoms with Crippen LogP contribution in [0.3, 0.4) is 0 Å². The first-order valence-corrected chi connectivity index (χ1v) is 7.86. The highest BCUT2D eigenvalue weighted by molar-refractivity contribution is 7.20. The van der Waals surface area contributed by atoms with Crippen molar-refractivity contribution in [2.75, 3.05) is 0 Å². The summed E-state index contributed by atoms with van der Waals surface area (Å²) in [6.07, 6.45) is 4.38. The van der Waals surface area contributed by atoms with Gasteiger partial charge in [-0.1, -0.05) is 72.8 Å². The average Bonchev–Trinajstić information content (AvgIpc) is 2.97. The summed E-state index contributed by atoms with van der Waals surface area (Å²) in [5.74, 6) is 0. The lowest BCUT2D eigenvalue weighted by molar-refractivity contribution is 1.67. The molecule has 0 spiro atoms. The van der Waals surface area contributed by atoms with Crippen LogP contribution in [0.5, 0.6) is 0 Å². The molecule has 0 aliphatic carbocycles. The first-order valence-electron chi connectivity index (χ1n) is 7.04. The van der Waals surface area contributed by atoms with Crippen LogP contribution in [0.1, 0.15) is 10.4 Å². The van der Waals surface area contributed by atoms with Crippen LogP contribution in [0.4, 0.5) is 0 Å². The third kappa shape index (κ3) is 2.37. The molecule has 4 aromatic rings. The summed E-state index contributed by atoms with van der Waals surface area (Å²) >= 11 is 1.86. The first-order chi connectivity index (χ1) is 10.4. The second-order valence-electron chi connectivity index (χ2n) is 5.10. The molecule has 0 N–H and O–H groups in total. The van der Waals surface area contributed by atoms with E-state index in [1.807, 2.05) is 17.4 Å². The van der Waals surface area contributed by atoms with Gasteiger partial charge in [0.25, 0.3) is 0 Å². The van der Waals surface area contributed by atoms with E-state index in [9.17, 15) is 0 Å². The van der Waals surface area contributed by atoms with E-state index >= 15 is 0 Å². The Bertz CT molecular complexity index is 930. The molecule has 0 atom stereocenters. The lowest BCUT2D eigenvalue weighted by atomic mass is 10.1. The molecule has 0 unspecified atom stereocenters. The number of thiophene rings is 1. The molecule has 0 fully saturated rings. The minimum absolute atomic E-state index is 1.24. The molecule has 21 heavy (non-hydrogen) atoms. The van der Waals surface area contributed by atoms with Gasteiger partial charge in [-0.15, -0.1) is 11.3 Å². The highest BCUT2D eigenvalue weighted by Gasteiger charge is 2.03. The quantitative estimate of drug-likeness (QED) is 0.410. The molecule has 1 aromatic heterocycles. The molecule has 4 rings (SSSR count). The van der Waals surface area contributed by atoms with Crippen molar-refractivity contribution in [3.05, 3.63) is 83.2 Å². The molecule has 0 nitrogen and oxygen atoms in total. The maximum Gasteiger partial charge on any atom is 0.0427 e. The van der Waals surface area contributed by atoms with E-state index in [1.165, 1.54) is 31.3 Å². The second kappa shape index (κ2) is 5.19. The van der Waals surface area contributed by atoms with Crippen molar-refractivity contribution < 1.29 is 0 Å². The van der Waals surface area contributed by atoms with E-state index in [2.05, 4.69) is 78.9 Å². The SMILES string of the molecule is C(=C\c1cc2ccc3ccccc3c2s1)/c1ccccc1. The number of hydrogen-bond donors (Lipinski definition) is 0. The van der Waals surface area contributed by atoms with Gasteiger partial charge in [0.2, 0.25) is 0 Å². The molecular weight excluding hydrogens is 272 g/mol. The van der Waals surface area contributed by atoms with Gasteiger partial charge in [-0.25, -0.2) is 0 Å². The minimum atomic E-state index is 1.24. The average molecular weight is 286 g/mol. The van der Waals surface area contributed by atoms with Crippen LogP contribution in [0.25, 0.3) is 33.0 Å². The smallest absolute Gasteiger partial charge is 0.0427 e. The van der Waals surface area contributed by atoms with Gasteiger partial charge in [0, 0.05) is 9.58 Å². The van der Waals surface area contributed by atoms with Gasteiger partial charge in [-0.05, 0) is 33.9 Å². The minimum Gasteiger partial charge on any atom is -0.135 e. The highest BCUT2D eigenvalue weighted by Crippen LogP contribution is 2.33. The van der Waals surface area contributed by atoms with Crippen molar-refractivity contribution in [2.45, 2.75) is 0 Å². The Morgan fingerprint density at radius 1 is 0.667 bits per heavy atom. The second-order valence-corrected chi connectivity index (χ2v) is 6.18. The van der Waals surface area contributed by atoms with Crippen LogP contribution in [0.15, 0.2) is 72.8 Å². The van der Waals surface area contributed by atoms with E-state index in [1.54, 1.807) is 0 Å². The molecule has 1 heterocycles.